The molecule has 1 aromatic carbocycles. The van der Waals surface area contributed by atoms with Gasteiger partial charge in [0.1, 0.15) is 0 Å². The van der Waals surface area contributed by atoms with Crippen molar-refractivity contribution in [3.8, 4) is 0 Å². The largest absolute Gasteiger partial charge is 0.336 e. The highest BCUT2D eigenvalue weighted by Crippen LogP contribution is 2.29. The van der Waals surface area contributed by atoms with Crippen molar-refractivity contribution < 1.29 is 9.59 Å². The van der Waals surface area contributed by atoms with Crippen LogP contribution in [0.5, 0.6) is 0 Å². The van der Waals surface area contributed by atoms with E-state index in [1.165, 1.54) is 16.0 Å². The van der Waals surface area contributed by atoms with E-state index in [9.17, 15) is 9.59 Å². The predicted octanol–water partition coefficient (Wildman–Crippen LogP) is 2.00. The van der Waals surface area contributed by atoms with Gasteiger partial charge in [-0.05, 0) is 24.5 Å². The molecule has 0 spiro atoms. The molecule has 4 heteroatoms. The van der Waals surface area contributed by atoms with Gasteiger partial charge in [-0.2, -0.15) is 0 Å². The number of hydrogen-bond donors (Lipinski definition) is 0. The van der Waals surface area contributed by atoms with Gasteiger partial charge in [-0.25, -0.2) is 0 Å². The number of carbonyl (C=O) groups excluding carboxylic acids is 2. The Morgan fingerprint density at radius 2 is 2.05 bits per heavy atom. The van der Waals surface area contributed by atoms with Crippen molar-refractivity contribution in [3.05, 3.63) is 35.4 Å². The van der Waals surface area contributed by atoms with Crippen LogP contribution >= 0.6 is 0 Å². The third-order valence-electron chi connectivity index (χ3n) is 4.02. The topological polar surface area (TPSA) is 40.6 Å². The summed E-state index contributed by atoms with van der Waals surface area (Å²) in [6.45, 7) is 4.75. The summed E-state index contributed by atoms with van der Waals surface area (Å²) < 4.78 is 0. The van der Waals surface area contributed by atoms with Crippen LogP contribution in [0.15, 0.2) is 24.3 Å². The number of rotatable bonds is 3. The van der Waals surface area contributed by atoms with Crippen molar-refractivity contribution in [3.63, 3.8) is 0 Å². The zero-order valence-corrected chi connectivity index (χ0v) is 12.4. The fourth-order valence-electron chi connectivity index (χ4n) is 2.76. The fourth-order valence-corrected chi connectivity index (χ4v) is 2.76. The molecule has 1 aliphatic heterocycles. The van der Waals surface area contributed by atoms with Gasteiger partial charge in [0.2, 0.25) is 11.8 Å². The van der Waals surface area contributed by atoms with E-state index in [2.05, 4.69) is 19.1 Å². The number of hydrogen-bond acceptors (Lipinski definition) is 2. The Morgan fingerprint density at radius 1 is 1.35 bits per heavy atom. The summed E-state index contributed by atoms with van der Waals surface area (Å²) in [5.41, 5.74) is 2.54. The molecule has 0 radical (unpaired) electrons. The molecular formula is C16H22N2O2. The van der Waals surface area contributed by atoms with Crippen molar-refractivity contribution >= 4 is 11.8 Å². The average molecular weight is 274 g/mol. The molecule has 1 atom stereocenters. The summed E-state index contributed by atoms with van der Waals surface area (Å²) in [7, 11) is 1.69. The fraction of sp³-hybridized carbons (Fsp3) is 0.500. The Labute approximate surface area is 120 Å². The maximum Gasteiger partial charge on any atom is 0.242 e. The zero-order valence-electron chi connectivity index (χ0n) is 12.4. The second-order valence-electron chi connectivity index (χ2n) is 5.32. The predicted molar refractivity (Wildman–Crippen MR) is 78.2 cm³/mol. The number of likely N-dealkylation sites (N-methyl/N-ethyl adjacent to an activating group) is 1. The number of amides is 2. The maximum atomic E-state index is 12.4. The molecular weight excluding hydrogens is 252 g/mol. The Morgan fingerprint density at radius 3 is 2.75 bits per heavy atom. The molecule has 0 bridgehead atoms. The summed E-state index contributed by atoms with van der Waals surface area (Å²) in [5.74, 6) is 0.0275. The van der Waals surface area contributed by atoms with Gasteiger partial charge < -0.3 is 9.80 Å². The molecule has 0 aliphatic carbocycles. The van der Waals surface area contributed by atoms with E-state index in [0.717, 1.165) is 13.0 Å². The van der Waals surface area contributed by atoms with Gasteiger partial charge in [0, 0.05) is 20.0 Å². The summed E-state index contributed by atoms with van der Waals surface area (Å²) in [4.78, 5) is 27.3. The van der Waals surface area contributed by atoms with Crippen LogP contribution in [0, 0.1) is 0 Å². The molecule has 2 rings (SSSR count). The summed E-state index contributed by atoms with van der Waals surface area (Å²) in [5, 5.41) is 0. The Bertz CT molecular complexity index is 513. The van der Waals surface area contributed by atoms with E-state index in [0.29, 0.717) is 6.42 Å². The van der Waals surface area contributed by atoms with Crippen LogP contribution in [0.1, 0.15) is 37.4 Å². The first-order valence-electron chi connectivity index (χ1n) is 7.15. The SMILES string of the molecule is CCC(=O)N(C)CC(=O)N1CCc2ccccc2C1C. The van der Waals surface area contributed by atoms with E-state index in [-0.39, 0.29) is 24.4 Å². The molecule has 1 unspecified atom stereocenters. The zero-order chi connectivity index (χ0) is 14.7. The van der Waals surface area contributed by atoms with Gasteiger partial charge in [-0.15, -0.1) is 0 Å². The minimum absolute atomic E-state index is 0.00316. The first-order valence-corrected chi connectivity index (χ1v) is 7.15. The number of nitrogens with zero attached hydrogens (tertiary/aromatic N) is 2. The van der Waals surface area contributed by atoms with Gasteiger partial charge in [-0.3, -0.25) is 9.59 Å². The second kappa shape index (κ2) is 6.07. The highest BCUT2D eigenvalue weighted by atomic mass is 16.2. The van der Waals surface area contributed by atoms with Crippen molar-refractivity contribution in [2.45, 2.75) is 32.7 Å². The lowest BCUT2D eigenvalue weighted by Gasteiger charge is -2.36. The Balaban J connectivity index is 2.07. The normalized spacial score (nSPS) is 17.6. The molecule has 0 N–H and O–H groups in total. The number of fused-ring (bicyclic) bond motifs is 1. The van der Waals surface area contributed by atoms with Crippen LogP contribution in [-0.2, 0) is 16.0 Å². The molecule has 1 heterocycles. The van der Waals surface area contributed by atoms with Crippen LogP contribution in [-0.4, -0.2) is 41.8 Å². The first kappa shape index (κ1) is 14.6. The minimum Gasteiger partial charge on any atom is -0.336 e. The Hall–Kier alpha value is -1.84. The third-order valence-corrected chi connectivity index (χ3v) is 4.02. The van der Waals surface area contributed by atoms with Gasteiger partial charge in [0.05, 0.1) is 12.6 Å². The molecule has 0 aromatic heterocycles. The molecule has 1 aromatic rings. The van der Waals surface area contributed by atoms with Gasteiger partial charge in [0.25, 0.3) is 0 Å². The van der Waals surface area contributed by atoms with Crippen molar-refractivity contribution in [1.29, 1.82) is 0 Å². The van der Waals surface area contributed by atoms with Crippen molar-refractivity contribution in [2.24, 2.45) is 0 Å². The number of benzene rings is 1. The molecule has 0 saturated carbocycles. The Kier molecular flexibility index (Phi) is 4.42. The quantitative estimate of drug-likeness (QED) is 0.846. The third kappa shape index (κ3) is 2.84. The number of carbonyl (C=O) groups is 2. The minimum atomic E-state index is 0.00316. The highest BCUT2D eigenvalue weighted by molar-refractivity contribution is 5.85. The van der Waals surface area contributed by atoms with Gasteiger partial charge in [0.15, 0.2) is 0 Å². The van der Waals surface area contributed by atoms with Crippen LogP contribution < -0.4 is 0 Å². The van der Waals surface area contributed by atoms with Crippen LogP contribution in [0.4, 0.5) is 0 Å². The molecule has 4 nitrogen and oxygen atoms in total. The monoisotopic (exact) mass is 274 g/mol. The van der Waals surface area contributed by atoms with E-state index in [1.54, 1.807) is 7.05 Å². The molecule has 108 valence electrons. The molecule has 0 saturated heterocycles. The van der Waals surface area contributed by atoms with E-state index in [4.69, 9.17) is 0 Å². The lowest BCUT2D eigenvalue weighted by atomic mass is 9.93. The molecule has 0 fully saturated rings. The average Bonchev–Trinajstić information content (AvgIpc) is 2.46. The molecule has 2 amide bonds. The lowest BCUT2D eigenvalue weighted by Crippen LogP contribution is -2.44. The summed E-state index contributed by atoms with van der Waals surface area (Å²) in [6.07, 6.45) is 1.32. The van der Waals surface area contributed by atoms with Crippen LogP contribution in [0.3, 0.4) is 0 Å². The molecule has 1 aliphatic rings. The van der Waals surface area contributed by atoms with Crippen molar-refractivity contribution in [2.75, 3.05) is 20.1 Å². The van der Waals surface area contributed by atoms with E-state index < -0.39 is 0 Å². The van der Waals surface area contributed by atoms with Gasteiger partial charge >= 0.3 is 0 Å². The van der Waals surface area contributed by atoms with Crippen LogP contribution in [0.2, 0.25) is 0 Å². The van der Waals surface area contributed by atoms with E-state index >= 15 is 0 Å². The maximum absolute atomic E-state index is 12.4. The highest BCUT2D eigenvalue weighted by Gasteiger charge is 2.28. The molecule has 20 heavy (non-hydrogen) atoms. The van der Waals surface area contributed by atoms with E-state index in [1.807, 2.05) is 24.0 Å². The standard InChI is InChI=1S/C16H22N2O2/c1-4-15(19)17(3)11-16(20)18-10-9-13-7-5-6-8-14(13)12(18)2/h5-8,12H,4,9-11H2,1-3H3. The second-order valence-corrected chi connectivity index (χ2v) is 5.32. The summed E-state index contributed by atoms with van der Waals surface area (Å²) in [6, 6.07) is 8.34. The van der Waals surface area contributed by atoms with Crippen LogP contribution in [0.25, 0.3) is 0 Å². The lowest BCUT2D eigenvalue weighted by molar-refractivity contribution is -0.140. The summed E-state index contributed by atoms with van der Waals surface area (Å²) >= 11 is 0. The van der Waals surface area contributed by atoms with Crippen molar-refractivity contribution in [1.82, 2.24) is 9.80 Å². The smallest absolute Gasteiger partial charge is 0.242 e. The van der Waals surface area contributed by atoms with Gasteiger partial charge in [-0.1, -0.05) is 31.2 Å². The first-order chi connectivity index (χ1) is 9.54.